The van der Waals surface area contributed by atoms with Gasteiger partial charge in [-0.3, -0.25) is 43.2 Å². The number of amides is 6. The fourth-order valence-corrected chi connectivity index (χ4v) is 7.07. The van der Waals surface area contributed by atoms with Gasteiger partial charge in [0.1, 0.15) is 24.3 Å². The molecule has 6 amide bonds. The van der Waals surface area contributed by atoms with E-state index < -0.39 is 90.5 Å². The Bertz CT molecular complexity index is 1710. The summed E-state index contributed by atoms with van der Waals surface area (Å²) in [5, 5.41) is 22.2. The number of nitrogens with two attached hydrogens (primary N) is 2. The third kappa shape index (κ3) is 31.6. The molecular weight excluding hydrogens is 955 g/mol. The molecule has 0 bridgehead atoms. The van der Waals surface area contributed by atoms with Gasteiger partial charge in [-0.25, -0.2) is 4.79 Å². The standard InChI is InChI=1S/C46H79N7O19/c1-31(54)52-41-43(70-34(4)57)42(69-33(3)56)35(27-68-32(2)55)71-44(41)72-45(64)51-23-14-22-50-38(60)19-26-67-30-46(28-65-24-17-36(48)58,29-66-25-18-37(59)49-21-13-20-47)53-39(61)15-11-9-7-5-6-8-10-12-16-40(62)63/h35,41-44H,5-30,47H2,1-4H3,(H2,48,58)(H,49,59)(H,50,60)(H,51,64)(H,52,54)(H,53,61)(H,62,63). The van der Waals surface area contributed by atoms with E-state index in [1.165, 1.54) is 0 Å². The van der Waals surface area contributed by atoms with Gasteiger partial charge in [0.25, 0.3) is 0 Å². The van der Waals surface area contributed by atoms with Crippen LogP contribution in [0.2, 0.25) is 0 Å². The van der Waals surface area contributed by atoms with Crippen LogP contribution < -0.4 is 38.1 Å². The van der Waals surface area contributed by atoms with Crippen LogP contribution in [0.4, 0.5) is 4.79 Å². The molecule has 1 heterocycles. The van der Waals surface area contributed by atoms with Crippen molar-refractivity contribution in [1.82, 2.24) is 26.6 Å². The highest BCUT2D eigenvalue weighted by molar-refractivity contribution is 5.78. The summed E-state index contributed by atoms with van der Waals surface area (Å²) < 4.78 is 44.6. The van der Waals surface area contributed by atoms with Gasteiger partial charge in [-0.15, -0.1) is 0 Å². The Morgan fingerprint density at radius 2 is 1.07 bits per heavy atom. The van der Waals surface area contributed by atoms with Crippen LogP contribution in [-0.4, -0.2) is 173 Å². The maximum Gasteiger partial charge on any atom is 0.409 e. The number of unbranched alkanes of at least 4 members (excludes halogenated alkanes) is 7. The Labute approximate surface area is 420 Å². The summed E-state index contributed by atoms with van der Waals surface area (Å²) >= 11 is 0. The van der Waals surface area contributed by atoms with E-state index >= 15 is 0 Å². The summed E-state index contributed by atoms with van der Waals surface area (Å²) in [6.45, 7) is 4.20. The summed E-state index contributed by atoms with van der Waals surface area (Å²) in [6.07, 6.45) is 0.888. The van der Waals surface area contributed by atoms with Gasteiger partial charge in [-0.05, 0) is 32.2 Å². The first kappa shape index (κ1) is 64.3. The average molecular weight is 1030 g/mol. The fourth-order valence-electron chi connectivity index (χ4n) is 7.07. The first-order valence-corrected chi connectivity index (χ1v) is 24.4. The summed E-state index contributed by atoms with van der Waals surface area (Å²) in [4.78, 5) is 121. The number of rotatable bonds is 40. The van der Waals surface area contributed by atoms with E-state index in [2.05, 4.69) is 26.6 Å². The van der Waals surface area contributed by atoms with Crippen LogP contribution in [0, 0.1) is 0 Å². The van der Waals surface area contributed by atoms with Crippen LogP contribution in [0.1, 0.15) is 124 Å². The van der Waals surface area contributed by atoms with Crippen molar-refractivity contribution in [3.63, 3.8) is 0 Å². The van der Waals surface area contributed by atoms with E-state index in [1.807, 2.05) is 0 Å². The number of ether oxygens (including phenoxy) is 8. The van der Waals surface area contributed by atoms with Crippen LogP contribution in [0.5, 0.6) is 0 Å². The van der Waals surface area contributed by atoms with Gasteiger partial charge < -0.3 is 81.1 Å². The molecule has 26 nitrogen and oxygen atoms in total. The van der Waals surface area contributed by atoms with E-state index in [4.69, 9.17) is 54.5 Å². The molecule has 1 saturated heterocycles. The van der Waals surface area contributed by atoms with Gasteiger partial charge in [0.2, 0.25) is 35.8 Å². The highest BCUT2D eigenvalue weighted by Crippen LogP contribution is 2.28. The Morgan fingerprint density at radius 1 is 0.569 bits per heavy atom. The van der Waals surface area contributed by atoms with Gasteiger partial charge in [0, 0.05) is 79.4 Å². The number of alkyl carbamates (subject to hydrolysis) is 1. The van der Waals surface area contributed by atoms with Crippen molar-refractivity contribution in [1.29, 1.82) is 0 Å². The molecular formula is C46H79N7O19. The van der Waals surface area contributed by atoms with Crippen molar-refractivity contribution in [3.05, 3.63) is 0 Å². The second kappa shape index (κ2) is 38.0. The third-order valence-corrected chi connectivity index (χ3v) is 10.5. The number of carbonyl (C=O) groups excluding carboxylic acids is 9. The van der Waals surface area contributed by atoms with Crippen molar-refractivity contribution in [2.75, 3.05) is 72.4 Å². The molecule has 0 aromatic rings. The lowest BCUT2D eigenvalue weighted by Crippen LogP contribution is -2.67. The second-order valence-corrected chi connectivity index (χ2v) is 17.2. The van der Waals surface area contributed by atoms with Crippen molar-refractivity contribution in [2.45, 2.75) is 160 Å². The van der Waals surface area contributed by atoms with E-state index in [0.717, 1.165) is 66.2 Å². The molecule has 26 heteroatoms. The molecule has 412 valence electrons. The summed E-state index contributed by atoms with van der Waals surface area (Å²) in [7, 11) is 0. The maximum absolute atomic E-state index is 13.4. The quantitative estimate of drug-likeness (QED) is 0.0225. The van der Waals surface area contributed by atoms with Gasteiger partial charge in [0.15, 0.2) is 12.2 Å². The van der Waals surface area contributed by atoms with Gasteiger partial charge in [-0.1, -0.05) is 38.5 Å². The molecule has 1 rings (SSSR count). The van der Waals surface area contributed by atoms with Crippen LogP contribution >= 0.6 is 0 Å². The molecule has 0 saturated carbocycles. The number of carboxylic acids is 1. The number of nitrogens with one attached hydrogen (secondary N) is 5. The lowest BCUT2D eigenvalue weighted by molar-refractivity contribution is -0.263. The van der Waals surface area contributed by atoms with Gasteiger partial charge in [-0.2, -0.15) is 0 Å². The smallest absolute Gasteiger partial charge is 0.409 e. The zero-order valence-electron chi connectivity index (χ0n) is 42.2. The topological polar surface area (TPSA) is 377 Å². The molecule has 0 spiro atoms. The third-order valence-electron chi connectivity index (χ3n) is 10.5. The largest absolute Gasteiger partial charge is 0.481 e. The first-order chi connectivity index (χ1) is 34.3. The highest BCUT2D eigenvalue weighted by Gasteiger charge is 2.52. The average Bonchev–Trinajstić information content (AvgIpc) is 3.29. The van der Waals surface area contributed by atoms with Crippen LogP contribution in [0.15, 0.2) is 0 Å². The predicted molar refractivity (Wildman–Crippen MR) is 253 cm³/mol. The number of carbonyl (C=O) groups is 10. The minimum Gasteiger partial charge on any atom is -0.481 e. The number of hydrogen-bond donors (Lipinski definition) is 8. The van der Waals surface area contributed by atoms with Crippen LogP contribution in [0.3, 0.4) is 0 Å². The monoisotopic (exact) mass is 1030 g/mol. The molecule has 1 fully saturated rings. The number of hydrogen-bond acceptors (Lipinski definition) is 19. The van der Waals surface area contributed by atoms with Crippen molar-refractivity contribution < 1.29 is 90.9 Å². The molecule has 0 aromatic carbocycles. The van der Waals surface area contributed by atoms with E-state index in [1.54, 1.807) is 0 Å². The van der Waals surface area contributed by atoms with E-state index in [0.29, 0.717) is 32.4 Å². The van der Waals surface area contributed by atoms with Crippen molar-refractivity contribution >= 4 is 59.5 Å². The molecule has 0 aromatic heterocycles. The first-order valence-electron chi connectivity index (χ1n) is 24.4. The molecule has 0 radical (unpaired) electrons. The van der Waals surface area contributed by atoms with E-state index in [9.17, 15) is 47.9 Å². The lowest BCUT2D eigenvalue weighted by atomic mass is 9.96. The molecule has 1 aliphatic rings. The van der Waals surface area contributed by atoms with Gasteiger partial charge >= 0.3 is 30.0 Å². The summed E-state index contributed by atoms with van der Waals surface area (Å²) in [5.74, 6) is -5.35. The fraction of sp³-hybridized carbons (Fsp3) is 0.783. The highest BCUT2D eigenvalue weighted by atomic mass is 16.7. The number of primary amides is 1. The lowest BCUT2D eigenvalue weighted by Gasteiger charge is -2.44. The Kier molecular flexibility index (Phi) is 33.9. The summed E-state index contributed by atoms with van der Waals surface area (Å²) in [5.41, 5.74) is 9.51. The number of carboxylic acid groups (broad SMARTS) is 1. The molecule has 0 aliphatic carbocycles. The van der Waals surface area contributed by atoms with Crippen LogP contribution in [0.25, 0.3) is 0 Å². The minimum atomic E-state index is -1.63. The maximum atomic E-state index is 13.4. The zero-order chi connectivity index (χ0) is 53.7. The Balaban J connectivity index is 2.87. The SMILES string of the molecule is CC(=O)NC1C(OC(=O)NCCCNC(=O)CCOCC(COCCC(N)=O)(COCCC(=O)NCCCN)NC(=O)CCCCCCCCCCC(=O)O)OC(COC(C)=O)C(OC(C)=O)C1OC(C)=O. The zero-order valence-corrected chi connectivity index (χ0v) is 42.2. The predicted octanol–water partition coefficient (Wildman–Crippen LogP) is -0.114. The minimum absolute atomic E-state index is 0.00264. The van der Waals surface area contributed by atoms with Crippen molar-refractivity contribution in [2.24, 2.45) is 11.5 Å². The van der Waals surface area contributed by atoms with E-state index in [-0.39, 0.29) is 103 Å². The number of aliphatic carboxylic acids is 1. The Morgan fingerprint density at radius 3 is 1.57 bits per heavy atom. The molecule has 6 atom stereocenters. The number of esters is 3. The Hall–Kier alpha value is -5.70. The molecule has 6 unspecified atom stereocenters. The van der Waals surface area contributed by atoms with Gasteiger partial charge in [0.05, 0.1) is 39.6 Å². The molecule has 72 heavy (non-hydrogen) atoms. The second-order valence-electron chi connectivity index (χ2n) is 17.2. The van der Waals surface area contributed by atoms with Crippen molar-refractivity contribution in [3.8, 4) is 0 Å². The molecule has 1 aliphatic heterocycles. The normalized spacial score (nSPS) is 18.0. The summed E-state index contributed by atoms with van der Waals surface area (Å²) in [6, 6.07) is -1.37. The molecule has 10 N–H and O–H groups in total. The van der Waals surface area contributed by atoms with Crippen LogP contribution in [-0.2, 0) is 81.0 Å².